The van der Waals surface area contributed by atoms with Crippen LogP contribution >= 0.6 is 0 Å². The lowest BCUT2D eigenvalue weighted by atomic mass is 10.1. The van der Waals surface area contributed by atoms with Gasteiger partial charge in [-0.3, -0.25) is 4.79 Å². The second kappa shape index (κ2) is 8.57. The average molecular weight is 228 g/mol. The van der Waals surface area contributed by atoms with Crippen LogP contribution in [-0.2, 0) is 14.3 Å². The number of hydrogen-bond acceptors (Lipinski definition) is 3. The number of hydrogen-bond donors (Lipinski definition) is 0. The monoisotopic (exact) mass is 228 g/mol. The molecule has 0 aliphatic carbocycles. The molecule has 3 nitrogen and oxygen atoms in total. The normalized spacial score (nSPS) is 18.4. The van der Waals surface area contributed by atoms with Gasteiger partial charge in [0.05, 0.1) is 19.3 Å². The minimum Gasteiger partial charge on any atom is -0.466 e. The molecule has 1 heterocycles. The van der Waals surface area contributed by atoms with Crippen molar-refractivity contribution in [1.29, 1.82) is 0 Å². The van der Waals surface area contributed by atoms with Crippen LogP contribution in [0.2, 0.25) is 0 Å². The second-order valence-electron chi connectivity index (χ2n) is 4.48. The summed E-state index contributed by atoms with van der Waals surface area (Å²) in [6.07, 6.45) is 8.83. The summed E-state index contributed by atoms with van der Waals surface area (Å²) in [4.78, 5) is 11.3. The number of epoxide rings is 1. The van der Waals surface area contributed by atoms with Crippen molar-refractivity contribution in [3.8, 4) is 0 Å². The minimum atomic E-state index is -0.0289. The molecule has 1 unspecified atom stereocenters. The summed E-state index contributed by atoms with van der Waals surface area (Å²) in [7, 11) is 0. The highest BCUT2D eigenvalue weighted by atomic mass is 16.6. The Hall–Kier alpha value is -0.570. The van der Waals surface area contributed by atoms with Gasteiger partial charge in [0.1, 0.15) is 0 Å². The van der Waals surface area contributed by atoms with Crippen LogP contribution in [0.25, 0.3) is 0 Å². The molecule has 0 saturated carbocycles. The van der Waals surface area contributed by atoms with E-state index >= 15 is 0 Å². The molecule has 1 rings (SSSR count). The summed E-state index contributed by atoms with van der Waals surface area (Å²) in [5.41, 5.74) is 0. The molecule has 1 fully saturated rings. The lowest BCUT2D eigenvalue weighted by Gasteiger charge is -2.03. The molecule has 0 aromatic heterocycles. The molecule has 0 N–H and O–H groups in total. The summed E-state index contributed by atoms with van der Waals surface area (Å²) in [6, 6.07) is 0. The van der Waals surface area contributed by atoms with E-state index in [1.54, 1.807) is 0 Å². The van der Waals surface area contributed by atoms with Gasteiger partial charge >= 0.3 is 5.97 Å². The minimum absolute atomic E-state index is 0.0289. The number of rotatable bonds is 10. The smallest absolute Gasteiger partial charge is 0.305 e. The van der Waals surface area contributed by atoms with Crippen LogP contribution in [-0.4, -0.2) is 25.3 Å². The zero-order valence-electron chi connectivity index (χ0n) is 10.4. The Kier molecular flexibility index (Phi) is 7.23. The van der Waals surface area contributed by atoms with Crippen LogP contribution in [0, 0.1) is 0 Å². The second-order valence-corrected chi connectivity index (χ2v) is 4.48. The molecule has 0 aromatic carbocycles. The summed E-state index contributed by atoms with van der Waals surface area (Å²) >= 11 is 0. The first kappa shape index (κ1) is 13.5. The first-order valence-corrected chi connectivity index (χ1v) is 6.60. The highest BCUT2D eigenvalue weighted by Crippen LogP contribution is 2.17. The molecule has 1 atom stereocenters. The Balaban J connectivity index is 1.77. The average Bonchev–Trinajstić information content (AvgIpc) is 3.08. The largest absolute Gasteiger partial charge is 0.466 e. The number of carbonyl (C=O) groups excluding carboxylic acids is 1. The van der Waals surface area contributed by atoms with Crippen molar-refractivity contribution in [2.75, 3.05) is 13.2 Å². The fourth-order valence-electron chi connectivity index (χ4n) is 1.66. The maximum absolute atomic E-state index is 11.3. The van der Waals surface area contributed by atoms with Gasteiger partial charge in [-0.25, -0.2) is 0 Å². The number of esters is 1. The summed E-state index contributed by atoms with van der Waals surface area (Å²) in [5.74, 6) is -0.0289. The van der Waals surface area contributed by atoms with E-state index in [4.69, 9.17) is 9.47 Å². The molecular weight excluding hydrogens is 204 g/mol. The fourth-order valence-corrected chi connectivity index (χ4v) is 1.66. The van der Waals surface area contributed by atoms with Crippen molar-refractivity contribution in [2.24, 2.45) is 0 Å². The third-order valence-corrected chi connectivity index (χ3v) is 2.82. The molecular formula is C13H24O3. The van der Waals surface area contributed by atoms with Gasteiger partial charge in [0, 0.05) is 6.42 Å². The van der Waals surface area contributed by atoms with Crippen molar-refractivity contribution in [2.45, 2.75) is 64.4 Å². The first-order chi connectivity index (χ1) is 7.83. The molecule has 16 heavy (non-hydrogen) atoms. The van der Waals surface area contributed by atoms with Crippen molar-refractivity contribution in [3.05, 3.63) is 0 Å². The van der Waals surface area contributed by atoms with Crippen LogP contribution in [0.5, 0.6) is 0 Å². The van der Waals surface area contributed by atoms with E-state index in [9.17, 15) is 4.79 Å². The molecule has 1 aliphatic heterocycles. The van der Waals surface area contributed by atoms with E-state index in [0.717, 1.165) is 38.7 Å². The van der Waals surface area contributed by atoms with E-state index in [2.05, 4.69) is 6.92 Å². The molecule has 1 saturated heterocycles. The van der Waals surface area contributed by atoms with E-state index in [0.29, 0.717) is 19.1 Å². The maximum atomic E-state index is 11.3. The predicted molar refractivity (Wildman–Crippen MR) is 63.3 cm³/mol. The van der Waals surface area contributed by atoms with Gasteiger partial charge in [-0.2, -0.15) is 0 Å². The Labute approximate surface area is 98.5 Å². The van der Waals surface area contributed by atoms with Crippen LogP contribution in [0.4, 0.5) is 0 Å². The van der Waals surface area contributed by atoms with Crippen LogP contribution in [0.1, 0.15) is 58.3 Å². The highest BCUT2D eigenvalue weighted by Gasteiger charge is 2.20. The topological polar surface area (TPSA) is 38.8 Å². The quantitative estimate of drug-likeness (QED) is 0.328. The van der Waals surface area contributed by atoms with Crippen LogP contribution in [0.15, 0.2) is 0 Å². The Morgan fingerprint density at radius 2 is 2.06 bits per heavy atom. The van der Waals surface area contributed by atoms with Crippen molar-refractivity contribution >= 4 is 5.97 Å². The molecule has 0 spiro atoms. The van der Waals surface area contributed by atoms with Gasteiger partial charge in [0.2, 0.25) is 0 Å². The van der Waals surface area contributed by atoms with E-state index < -0.39 is 0 Å². The molecule has 0 aromatic rings. The zero-order valence-corrected chi connectivity index (χ0v) is 10.4. The fraction of sp³-hybridized carbons (Fsp3) is 0.923. The third kappa shape index (κ3) is 7.69. The van der Waals surface area contributed by atoms with Gasteiger partial charge in [-0.05, 0) is 19.3 Å². The van der Waals surface area contributed by atoms with E-state index in [1.165, 1.54) is 12.8 Å². The molecule has 1 aliphatic rings. The van der Waals surface area contributed by atoms with Gasteiger partial charge in [-0.15, -0.1) is 0 Å². The molecule has 94 valence electrons. The molecule has 0 bridgehead atoms. The predicted octanol–water partition coefficient (Wildman–Crippen LogP) is 3.07. The number of ether oxygens (including phenoxy) is 2. The van der Waals surface area contributed by atoms with Crippen molar-refractivity contribution < 1.29 is 14.3 Å². The van der Waals surface area contributed by atoms with E-state index in [-0.39, 0.29) is 5.97 Å². The highest BCUT2D eigenvalue weighted by molar-refractivity contribution is 5.69. The molecule has 3 heteroatoms. The SMILES string of the molecule is CCCCCOC(=O)CCCCCC1CO1. The maximum Gasteiger partial charge on any atom is 0.305 e. The Morgan fingerprint density at radius 3 is 2.75 bits per heavy atom. The summed E-state index contributed by atoms with van der Waals surface area (Å²) in [5, 5.41) is 0. The number of carbonyl (C=O) groups is 1. The van der Waals surface area contributed by atoms with Gasteiger partial charge in [0.15, 0.2) is 0 Å². The molecule has 0 radical (unpaired) electrons. The Bertz CT molecular complexity index is 188. The summed E-state index contributed by atoms with van der Waals surface area (Å²) in [6.45, 7) is 3.69. The lowest BCUT2D eigenvalue weighted by Crippen LogP contribution is -2.05. The van der Waals surface area contributed by atoms with E-state index in [1.807, 2.05) is 0 Å². The van der Waals surface area contributed by atoms with Crippen LogP contribution in [0.3, 0.4) is 0 Å². The zero-order chi connectivity index (χ0) is 11.6. The lowest BCUT2D eigenvalue weighted by molar-refractivity contribution is -0.143. The number of unbranched alkanes of at least 4 members (excludes halogenated alkanes) is 4. The van der Waals surface area contributed by atoms with Gasteiger partial charge in [-0.1, -0.05) is 32.6 Å². The molecule has 0 amide bonds. The standard InChI is InChI=1S/C13H24O3/c1-2-3-7-10-15-13(14)9-6-4-5-8-12-11-16-12/h12H,2-11H2,1H3. The third-order valence-electron chi connectivity index (χ3n) is 2.82. The first-order valence-electron chi connectivity index (χ1n) is 6.60. The van der Waals surface area contributed by atoms with Gasteiger partial charge in [0.25, 0.3) is 0 Å². The summed E-state index contributed by atoms with van der Waals surface area (Å²) < 4.78 is 10.2. The van der Waals surface area contributed by atoms with Gasteiger partial charge < -0.3 is 9.47 Å². The van der Waals surface area contributed by atoms with Crippen molar-refractivity contribution in [3.63, 3.8) is 0 Å². The van der Waals surface area contributed by atoms with Crippen molar-refractivity contribution in [1.82, 2.24) is 0 Å². The van der Waals surface area contributed by atoms with Crippen LogP contribution < -0.4 is 0 Å². The Morgan fingerprint density at radius 1 is 1.25 bits per heavy atom.